The molecule has 1 saturated carbocycles. The predicted octanol–water partition coefficient (Wildman–Crippen LogP) is 0.265. The summed E-state index contributed by atoms with van der Waals surface area (Å²) in [5.74, 6) is 0. The highest BCUT2D eigenvalue weighted by molar-refractivity contribution is 4.89. The Hall–Kier alpha value is -0.120. The Morgan fingerprint density at radius 1 is 1.55 bits per heavy atom. The van der Waals surface area contributed by atoms with Crippen LogP contribution in [0.2, 0.25) is 0 Å². The second-order valence-corrected chi connectivity index (χ2v) is 3.46. The highest BCUT2D eigenvalue weighted by Gasteiger charge is 2.30. The van der Waals surface area contributed by atoms with Crippen molar-refractivity contribution in [3.05, 3.63) is 0 Å². The quantitative estimate of drug-likeness (QED) is 0.608. The van der Waals surface area contributed by atoms with E-state index in [1.807, 2.05) is 0 Å². The van der Waals surface area contributed by atoms with Gasteiger partial charge in [0.2, 0.25) is 0 Å². The standard InChI is InChI=1S/C8H17NO2/c1-11-7-2-4-8(9,6-10)5-3-7/h7,10H,2-6,9H2,1H3. The van der Waals surface area contributed by atoms with Crippen LogP contribution in [0.4, 0.5) is 0 Å². The molecule has 0 aromatic rings. The second kappa shape index (κ2) is 3.52. The Morgan fingerprint density at radius 2 is 2.09 bits per heavy atom. The van der Waals surface area contributed by atoms with E-state index in [9.17, 15) is 0 Å². The van der Waals surface area contributed by atoms with Gasteiger partial charge in [-0.3, -0.25) is 0 Å². The molecule has 0 saturated heterocycles. The predicted molar refractivity (Wildman–Crippen MR) is 43.3 cm³/mol. The Labute approximate surface area is 67.5 Å². The van der Waals surface area contributed by atoms with Crippen LogP contribution < -0.4 is 5.73 Å². The summed E-state index contributed by atoms with van der Waals surface area (Å²) < 4.78 is 5.19. The minimum atomic E-state index is -0.324. The molecule has 0 unspecified atom stereocenters. The first-order valence-electron chi connectivity index (χ1n) is 4.13. The summed E-state index contributed by atoms with van der Waals surface area (Å²) in [4.78, 5) is 0. The summed E-state index contributed by atoms with van der Waals surface area (Å²) in [5.41, 5.74) is 5.55. The molecule has 0 heterocycles. The van der Waals surface area contributed by atoms with Gasteiger partial charge in [0, 0.05) is 12.6 Å². The number of nitrogens with two attached hydrogens (primary N) is 1. The van der Waals surface area contributed by atoms with Crippen molar-refractivity contribution >= 4 is 0 Å². The molecule has 1 aliphatic carbocycles. The normalized spacial score (nSPS) is 39.0. The van der Waals surface area contributed by atoms with Crippen LogP contribution >= 0.6 is 0 Å². The van der Waals surface area contributed by atoms with Gasteiger partial charge in [-0.25, -0.2) is 0 Å². The highest BCUT2D eigenvalue weighted by atomic mass is 16.5. The van der Waals surface area contributed by atoms with Crippen LogP contribution in [-0.2, 0) is 4.74 Å². The van der Waals surface area contributed by atoms with Crippen LogP contribution in [0, 0.1) is 0 Å². The van der Waals surface area contributed by atoms with Gasteiger partial charge in [-0.1, -0.05) is 0 Å². The van der Waals surface area contributed by atoms with Gasteiger partial charge >= 0.3 is 0 Å². The molecular weight excluding hydrogens is 142 g/mol. The van der Waals surface area contributed by atoms with Crippen molar-refractivity contribution in [3.8, 4) is 0 Å². The number of rotatable bonds is 2. The molecule has 0 amide bonds. The SMILES string of the molecule is COC1CCC(N)(CO)CC1. The smallest absolute Gasteiger partial charge is 0.0611 e. The monoisotopic (exact) mass is 159 g/mol. The third kappa shape index (κ3) is 2.15. The lowest BCUT2D eigenvalue weighted by molar-refractivity contribution is 0.0356. The summed E-state index contributed by atoms with van der Waals surface area (Å²) >= 11 is 0. The van der Waals surface area contributed by atoms with Gasteiger partial charge in [0.25, 0.3) is 0 Å². The van der Waals surface area contributed by atoms with Crippen molar-refractivity contribution in [1.82, 2.24) is 0 Å². The van der Waals surface area contributed by atoms with Crippen molar-refractivity contribution in [2.24, 2.45) is 5.73 Å². The Morgan fingerprint density at radius 3 is 2.45 bits per heavy atom. The Kier molecular flexibility index (Phi) is 2.87. The molecule has 1 aliphatic rings. The lowest BCUT2D eigenvalue weighted by atomic mass is 9.82. The van der Waals surface area contributed by atoms with Crippen LogP contribution in [0.15, 0.2) is 0 Å². The van der Waals surface area contributed by atoms with Crippen molar-refractivity contribution < 1.29 is 9.84 Å². The highest BCUT2D eigenvalue weighted by Crippen LogP contribution is 2.26. The van der Waals surface area contributed by atoms with Crippen molar-refractivity contribution in [2.45, 2.75) is 37.3 Å². The minimum Gasteiger partial charge on any atom is -0.394 e. The summed E-state index contributed by atoms with van der Waals surface area (Å²) in [7, 11) is 1.73. The van der Waals surface area contributed by atoms with Gasteiger partial charge in [-0.2, -0.15) is 0 Å². The second-order valence-electron chi connectivity index (χ2n) is 3.46. The topological polar surface area (TPSA) is 55.5 Å². The number of ether oxygens (including phenoxy) is 1. The fourth-order valence-electron chi connectivity index (χ4n) is 1.56. The van der Waals surface area contributed by atoms with Gasteiger partial charge in [-0.05, 0) is 25.7 Å². The molecule has 3 N–H and O–H groups in total. The van der Waals surface area contributed by atoms with E-state index in [1.54, 1.807) is 7.11 Å². The zero-order chi connectivity index (χ0) is 8.32. The van der Waals surface area contributed by atoms with Crippen molar-refractivity contribution in [2.75, 3.05) is 13.7 Å². The fraction of sp³-hybridized carbons (Fsp3) is 1.00. The summed E-state index contributed by atoms with van der Waals surface area (Å²) in [6, 6.07) is 0. The van der Waals surface area contributed by atoms with E-state index in [4.69, 9.17) is 15.6 Å². The Balaban J connectivity index is 2.35. The van der Waals surface area contributed by atoms with E-state index < -0.39 is 0 Å². The molecule has 0 radical (unpaired) electrons. The summed E-state index contributed by atoms with van der Waals surface area (Å²) in [6.45, 7) is 0.101. The molecule has 0 spiro atoms. The zero-order valence-electron chi connectivity index (χ0n) is 7.05. The van der Waals surface area contributed by atoms with Gasteiger partial charge in [0.05, 0.1) is 12.7 Å². The fourth-order valence-corrected chi connectivity index (χ4v) is 1.56. The molecular formula is C8H17NO2. The molecule has 0 aromatic heterocycles. The van der Waals surface area contributed by atoms with Crippen molar-refractivity contribution in [1.29, 1.82) is 0 Å². The van der Waals surface area contributed by atoms with E-state index >= 15 is 0 Å². The first kappa shape index (κ1) is 8.97. The summed E-state index contributed by atoms with van der Waals surface area (Å²) in [5, 5.41) is 8.94. The van der Waals surface area contributed by atoms with Crippen LogP contribution in [-0.4, -0.2) is 30.5 Å². The molecule has 3 heteroatoms. The first-order chi connectivity index (χ1) is 5.20. The maximum Gasteiger partial charge on any atom is 0.0611 e. The molecule has 66 valence electrons. The van der Waals surface area contributed by atoms with Gasteiger partial charge < -0.3 is 15.6 Å². The number of aliphatic hydroxyl groups excluding tert-OH is 1. The number of methoxy groups -OCH3 is 1. The van der Waals surface area contributed by atoms with E-state index in [1.165, 1.54) is 0 Å². The molecule has 11 heavy (non-hydrogen) atoms. The maximum absolute atomic E-state index is 8.94. The maximum atomic E-state index is 8.94. The average Bonchev–Trinajstić information content (AvgIpc) is 2.06. The van der Waals surface area contributed by atoms with E-state index in [0.717, 1.165) is 25.7 Å². The lowest BCUT2D eigenvalue weighted by Gasteiger charge is -2.34. The zero-order valence-corrected chi connectivity index (χ0v) is 7.05. The van der Waals surface area contributed by atoms with Crippen molar-refractivity contribution in [3.63, 3.8) is 0 Å². The molecule has 0 aromatic carbocycles. The number of hydrogen-bond acceptors (Lipinski definition) is 3. The van der Waals surface area contributed by atoms with Crippen LogP contribution in [0.5, 0.6) is 0 Å². The lowest BCUT2D eigenvalue weighted by Crippen LogP contribution is -2.47. The molecule has 0 atom stereocenters. The molecule has 0 bridgehead atoms. The Bertz CT molecular complexity index is 119. The minimum absolute atomic E-state index is 0.101. The van der Waals surface area contributed by atoms with E-state index in [0.29, 0.717) is 6.10 Å². The van der Waals surface area contributed by atoms with Crippen LogP contribution in [0.3, 0.4) is 0 Å². The number of hydrogen-bond donors (Lipinski definition) is 2. The number of aliphatic hydroxyl groups is 1. The van der Waals surface area contributed by atoms with Gasteiger partial charge in [-0.15, -0.1) is 0 Å². The van der Waals surface area contributed by atoms with E-state index in [-0.39, 0.29) is 12.1 Å². The van der Waals surface area contributed by atoms with Gasteiger partial charge in [0.1, 0.15) is 0 Å². The first-order valence-corrected chi connectivity index (χ1v) is 4.13. The third-order valence-corrected chi connectivity index (χ3v) is 2.58. The average molecular weight is 159 g/mol. The molecule has 1 rings (SSSR count). The summed E-state index contributed by atoms with van der Waals surface area (Å²) in [6.07, 6.45) is 4.07. The van der Waals surface area contributed by atoms with Gasteiger partial charge in [0.15, 0.2) is 0 Å². The molecule has 3 nitrogen and oxygen atoms in total. The molecule has 0 aliphatic heterocycles. The third-order valence-electron chi connectivity index (χ3n) is 2.58. The van der Waals surface area contributed by atoms with Crippen LogP contribution in [0.1, 0.15) is 25.7 Å². The van der Waals surface area contributed by atoms with E-state index in [2.05, 4.69) is 0 Å². The largest absolute Gasteiger partial charge is 0.394 e. The van der Waals surface area contributed by atoms with Crippen LogP contribution in [0.25, 0.3) is 0 Å². The molecule has 1 fully saturated rings.